The number of methoxy groups -OCH3 is 1. The molecule has 10 heteroatoms. The Balaban J connectivity index is 1.93. The molecule has 0 spiro atoms. The Kier molecular flexibility index (Phi) is 5.54. The van der Waals surface area contributed by atoms with Crippen LogP contribution in [0.5, 0.6) is 5.75 Å². The lowest BCUT2D eigenvalue weighted by Gasteiger charge is -2.07. The monoisotopic (exact) mass is 395 g/mol. The van der Waals surface area contributed by atoms with Crippen molar-refractivity contribution in [2.24, 2.45) is 10.2 Å². The number of fused-ring (bicyclic) bond motifs is 1. The van der Waals surface area contributed by atoms with Crippen molar-refractivity contribution in [3.63, 3.8) is 0 Å². The number of amides is 1. The zero-order chi connectivity index (χ0) is 21.0. The van der Waals surface area contributed by atoms with Crippen LogP contribution in [-0.2, 0) is 4.79 Å². The van der Waals surface area contributed by atoms with Crippen LogP contribution in [0.1, 0.15) is 6.92 Å². The van der Waals surface area contributed by atoms with Crippen molar-refractivity contribution in [1.82, 2.24) is 10.2 Å². The van der Waals surface area contributed by atoms with Gasteiger partial charge in [0.15, 0.2) is 5.70 Å². The number of aliphatic hydroxyl groups excluding tert-OH is 1. The highest BCUT2D eigenvalue weighted by Gasteiger charge is 2.14. The molecule has 2 aromatic carbocycles. The van der Waals surface area contributed by atoms with Crippen LogP contribution in [0, 0.1) is 0 Å². The summed E-state index contributed by atoms with van der Waals surface area (Å²) < 4.78 is 5.05. The predicted molar refractivity (Wildman–Crippen MR) is 107 cm³/mol. The predicted octanol–water partition coefficient (Wildman–Crippen LogP) is 2.74. The molecule has 29 heavy (non-hydrogen) atoms. The number of nitrogens with one attached hydrogen (secondary N) is 3. The van der Waals surface area contributed by atoms with Crippen LogP contribution >= 0.6 is 0 Å². The lowest BCUT2D eigenvalue weighted by molar-refractivity contribution is -0.113. The smallest absolute Gasteiger partial charge is 0.279 e. The molecular weight excluding hydrogens is 378 g/mol. The molecule has 1 heterocycles. The highest BCUT2D eigenvalue weighted by molar-refractivity contribution is 6.03. The van der Waals surface area contributed by atoms with Crippen LogP contribution in [0.4, 0.5) is 11.4 Å². The summed E-state index contributed by atoms with van der Waals surface area (Å²) in [6.07, 6.45) is 0. The molecule has 1 aromatic heterocycles. The fourth-order valence-electron chi connectivity index (χ4n) is 2.55. The first-order valence-electron chi connectivity index (χ1n) is 8.41. The third kappa shape index (κ3) is 4.21. The zero-order valence-electron chi connectivity index (χ0n) is 15.5. The number of benzene rings is 2. The third-order valence-electron chi connectivity index (χ3n) is 3.97. The van der Waals surface area contributed by atoms with E-state index in [-0.39, 0.29) is 27.9 Å². The van der Waals surface area contributed by atoms with Gasteiger partial charge in [0.2, 0.25) is 0 Å². The molecule has 1 amide bonds. The highest BCUT2D eigenvalue weighted by Crippen LogP contribution is 2.22. The first-order chi connectivity index (χ1) is 13.9. The molecule has 10 nitrogen and oxygen atoms in total. The quantitative estimate of drug-likeness (QED) is 0.298. The van der Waals surface area contributed by atoms with E-state index < -0.39 is 17.0 Å². The van der Waals surface area contributed by atoms with Crippen LogP contribution in [0.3, 0.4) is 0 Å². The van der Waals surface area contributed by atoms with Gasteiger partial charge in [0.1, 0.15) is 11.5 Å². The van der Waals surface area contributed by atoms with Crippen molar-refractivity contribution < 1.29 is 14.6 Å². The molecule has 0 radical (unpaired) electrons. The zero-order valence-corrected chi connectivity index (χ0v) is 15.5. The molecule has 3 rings (SSSR count). The maximum atomic E-state index is 12.5. The summed E-state index contributed by atoms with van der Waals surface area (Å²) >= 11 is 0. The Morgan fingerprint density at radius 3 is 2.41 bits per heavy atom. The number of H-pyrrole nitrogens is 2. The standard InChI is InChI=1S/C19H17N5O5/c1-10(25)16(19(28)20-11-6-8-12(29-2)9-7-11)22-21-14-5-3-4-13-15(14)18(27)24-23-17(13)26/h3-9,25H,1-2H3,(H,20,28)(H,23,26)(H,24,27)/b16-10-,22-21?. The van der Waals surface area contributed by atoms with Crippen LogP contribution < -0.4 is 21.2 Å². The molecule has 0 aliphatic heterocycles. The average Bonchev–Trinajstić information content (AvgIpc) is 2.71. The Bertz CT molecular complexity index is 1230. The van der Waals surface area contributed by atoms with Crippen molar-refractivity contribution in [3.8, 4) is 5.75 Å². The van der Waals surface area contributed by atoms with Gasteiger partial charge in [0.25, 0.3) is 17.0 Å². The summed E-state index contributed by atoms with van der Waals surface area (Å²) in [5.74, 6) is -0.453. The Hall–Kier alpha value is -4.21. The lowest BCUT2D eigenvalue weighted by Crippen LogP contribution is -2.18. The van der Waals surface area contributed by atoms with E-state index in [1.54, 1.807) is 24.3 Å². The molecule has 0 atom stereocenters. The second-order valence-electron chi connectivity index (χ2n) is 5.92. The van der Waals surface area contributed by atoms with Gasteiger partial charge in [-0.2, -0.15) is 0 Å². The first kappa shape index (κ1) is 19.5. The first-order valence-corrected chi connectivity index (χ1v) is 8.41. The summed E-state index contributed by atoms with van der Waals surface area (Å²) in [5, 5.41) is 24.7. The maximum Gasteiger partial charge on any atom is 0.279 e. The van der Waals surface area contributed by atoms with E-state index in [4.69, 9.17) is 4.74 Å². The fourth-order valence-corrected chi connectivity index (χ4v) is 2.55. The number of anilines is 1. The normalized spacial score (nSPS) is 12.1. The minimum absolute atomic E-state index is 0.0190. The van der Waals surface area contributed by atoms with Crippen molar-refractivity contribution in [2.75, 3.05) is 12.4 Å². The number of hydrogen-bond donors (Lipinski definition) is 4. The molecule has 148 valence electrons. The van der Waals surface area contributed by atoms with Crippen LogP contribution in [0.25, 0.3) is 10.8 Å². The third-order valence-corrected chi connectivity index (χ3v) is 3.97. The minimum atomic E-state index is -0.703. The number of hydrogen-bond acceptors (Lipinski definition) is 7. The molecule has 0 aliphatic carbocycles. The van der Waals surface area contributed by atoms with Gasteiger partial charge in [0, 0.05) is 5.69 Å². The van der Waals surface area contributed by atoms with Crippen molar-refractivity contribution in [2.45, 2.75) is 6.92 Å². The van der Waals surface area contributed by atoms with E-state index in [2.05, 4.69) is 25.7 Å². The topological polar surface area (TPSA) is 149 Å². The van der Waals surface area contributed by atoms with Crippen LogP contribution in [0.15, 0.2) is 73.7 Å². The second kappa shape index (κ2) is 8.21. The van der Waals surface area contributed by atoms with Gasteiger partial charge in [-0.15, -0.1) is 10.2 Å². The number of ether oxygens (including phenoxy) is 1. The van der Waals surface area contributed by atoms with Crippen molar-refractivity contribution in [1.29, 1.82) is 0 Å². The van der Waals surface area contributed by atoms with Gasteiger partial charge in [0.05, 0.1) is 23.6 Å². The summed E-state index contributed by atoms with van der Waals surface area (Å²) in [6, 6.07) is 11.0. The summed E-state index contributed by atoms with van der Waals surface area (Å²) in [4.78, 5) is 36.4. The van der Waals surface area contributed by atoms with E-state index in [1.165, 1.54) is 32.2 Å². The molecule has 0 saturated heterocycles. The molecule has 4 N–H and O–H groups in total. The van der Waals surface area contributed by atoms with Crippen molar-refractivity contribution in [3.05, 3.63) is 74.6 Å². The highest BCUT2D eigenvalue weighted by atomic mass is 16.5. The Labute approximate surface area is 163 Å². The van der Waals surface area contributed by atoms with Crippen molar-refractivity contribution >= 4 is 28.1 Å². The number of rotatable bonds is 5. The van der Waals surface area contributed by atoms with Gasteiger partial charge < -0.3 is 15.2 Å². The largest absolute Gasteiger partial charge is 0.510 e. The lowest BCUT2D eigenvalue weighted by atomic mass is 10.1. The Morgan fingerprint density at radius 2 is 1.76 bits per heavy atom. The Morgan fingerprint density at radius 1 is 1.07 bits per heavy atom. The number of azo groups is 1. The molecule has 0 unspecified atom stereocenters. The second-order valence-corrected chi connectivity index (χ2v) is 5.92. The van der Waals surface area contributed by atoms with Gasteiger partial charge in [-0.05, 0) is 43.3 Å². The number of allylic oxidation sites excluding steroid dienone is 1. The molecular formula is C19H17N5O5. The molecule has 0 bridgehead atoms. The summed E-state index contributed by atoms with van der Waals surface area (Å²) in [6.45, 7) is 1.28. The number of carbonyl (C=O) groups excluding carboxylic acids is 1. The average molecular weight is 395 g/mol. The SMILES string of the molecule is COc1ccc(NC(=O)/C(N=Nc2cccc3c(=O)[nH][nH]c(=O)c23)=C(\C)O)cc1. The molecule has 0 saturated carbocycles. The van der Waals surface area contributed by atoms with Gasteiger partial charge in [-0.25, -0.2) is 0 Å². The van der Waals surface area contributed by atoms with Gasteiger partial charge >= 0.3 is 0 Å². The minimum Gasteiger partial charge on any atom is -0.510 e. The van der Waals surface area contributed by atoms with E-state index >= 15 is 0 Å². The number of nitrogens with zero attached hydrogens (tertiary/aromatic N) is 2. The summed E-state index contributed by atoms with van der Waals surface area (Å²) in [5.41, 5.74) is -0.881. The number of aliphatic hydroxyl groups is 1. The summed E-state index contributed by atoms with van der Waals surface area (Å²) in [7, 11) is 1.52. The molecule has 3 aromatic rings. The number of aromatic nitrogens is 2. The molecule has 0 aliphatic rings. The van der Waals surface area contributed by atoms with Crippen LogP contribution in [-0.4, -0.2) is 28.3 Å². The van der Waals surface area contributed by atoms with Crippen LogP contribution in [0.2, 0.25) is 0 Å². The van der Waals surface area contributed by atoms with E-state index in [1.807, 2.05) is 0 Å². The number of carbonyl (C=O) groups is 1. The van der Waals surface area contributed by atoms with Gasteiger partial charge in [-0.3, -0.25) is 24.6 Å². The van der Waals surface area contributed by atoms with E-state index in [0.717, 1.165) is 0 Å². The van der Waals surface area contributed by atoms with Gasteiger partial charge in [-0.1, -0.05) is 6.07 Å². The maximum absolute atomic E-state index is 12.5. The van der Waals surface area contributed by atoms with E-state index in [9.17, 15) is 19.5 Å². The van der Waals surface area contributed by atoms with E-state index in [0.29, 0.717) is 11.4 Å². The number of aromatic amines is 2. The fraction of sp³-hybridized carbons (Fsp3) is 0.105. The molecule has 0 fully saturated rings.